The molecule has 0 aliphatic carbocycles. The highest BCUT2D eigenvalue weighted by Gasteiger charge is 2.36. The smallest absolute Gasteiger partial charge is 0.265 e. The van der Waals surface area contributed by atoms with Gasteiger partial charge >= 0.3 is 0 Å². The largest absolute Gasteiger partial charge is 0.350 e. The van der Waals surface area contributed by atoms with E-state index in [0.29, 0.717) is 45.3 Å². The van der Waals surface area contributed by atoms with E-state index in [-0.39, 0.29) is 11.9 Å². The Labute approximate surface area is 163 Å². The van der Waals surface area contributed by atoms with Crippen molar-refractivity contribution in [2.75, 3.05) is 18.0 Å². The van der Waals surface area contributed by atoms with Crippen molar-refractivity contribution >= 4 is 39.9 Å². The molecule has 3 nitrogen and oxygen atoms in total. The molecule has 3 aromatic rings. The van der Waals surface area contributed by atoms with Crippen LogP contribution in [0.25, 0.3) is 22.0 Å². The number of alkyl halides is 2. The Morgan fingerprint density at radius 1 is 1.04 bits per heavy atom. The molecule has 2 aromatic carbocycles. The van der Waals surface area contributed by atoms with Gasteiger partial charge in [0, 0.05) is 13.0 Å². The van der Waals surface area contributed by atoms with Crippen molar-refractivity contribution < 1.29 is 13.2 Å². The summed E-state index contributed by atoms with van der Waals surface area (Å²) >= 11 is 12.1. The van der Waals surface area contributed by atoms with Gasteiger partial charge in [-0.05, 0) is 35.7 Å². The molecule has 0 bridgehead atoms. The van der Waals surface area contributed by atoms with Gasteiger partial charge in [-0.25, -0.2) is 23.1 Å². The molecule has 27 heavy (non-hydrogen) atoms. The third kappa shape index (κ3) is 3.44. The first-order chi connectivity index (χ1) is 12.9. The molecule has 8 heteroatoms. The molecule has 0 N–H and O–H groups in total. The van der Waals surface area contributed by atoms with Crippen LogP contribution in [0.4, 0.5) is 19.0 Å². The minimum absolute atomic E-state index is 0.0810. The Morgan fingerprint density at radius 3 is 2.59 bits per heavy atom. The van der Waals surface area contributed by atoms with Gasteiger partial charge in [0.05, 0.1) is 22.0 Å². The Morgan fingerprint density at radius 2 is 1.85 bits per heavy atom. The number of fused-ring (bicyclic) bond motifs is 1. The second-order valence-electron chi connectivity index (χ2n) is 6.53. The third-order valence-corrected chi connectivity index (χ3v) is 5.38. The predicted molar refractivity (Wildman–Crippen MR) is 101 cm³/mol. The van der Waals surface area contributed by atoms with Crippen molar-refractivity contribution in [3.8, 4) is 11.1 Å². The molecule has 0 spiro atoms. The summed E-state index contributed by atoms with van der Waals surface area (Å²) in [6.07, 6.45) is 1.36. The van der Waals surface area contributed by atoms with Crippen LogP contribution in [0.2, 0.25) is 10.0 Å². The second-order valence-corrected chi connectivity index (χ2v) is 7.34. The quantitative estimate of drug-likeness (QED) is 0.519. The number of halogens is 5. The molecule has 1 fully saturated rings. The van der Waals surface area contributed by atoms with Crippen molar-refractivity contribution in [3.05, 3.63) is 52.5 Å². The Bertz CT molecular complexity index is 1030. The molecule has 0 radical (unpaired) electrons. The maximum atomic E-state index is 14.4. The van der Waals surface area contributed by atoms with Crippen LogP contribution in [-0.2, 0) is 0 Å². The Kier molecular flexibility index (Phi) is 4.64. The van der Waals surface area contributed by atoms with Crippen molar-refractivity contribution in [3.63, 3.8) is 0 Å². The zero-order valence-corrected chi connectivity index (χ0v) is 15.5. The number of benzene rings is 2. The van der Waals surface area contributed by atoms with Gasteiger partial charge < -0.3 is 4.90 Å². The topological polar surface area (TPSA) is 29.0 Å². The van der Waals surface area contributed by atoms with E-state index in [1.54, 1.807) is 24.3 Å². The molecule has 0 saturated carbocycles. The molecule has 1 saturated heterocycles. The molecule has 1 aliphatic heterocycles. The lowest BCUT2D eigenvalue weighted by Crippen LogP contribution is -2.43. The lowest BCUT2D eigenvalue weighted by molar-refractivity contribution is -0.0117. The Hall–Kier alpha value is -2.05. The fourth-order valence-corrected chi connectivity index (χ4v) is 3.71. The summed E-state index contributed by atoms with van der Waals surface area (Å²) in [4.78, 5) is 9.75. The first-order valence-corrected chi connectivity index (χ1v) is 9.13. The maximum Gasteiger partial charge on any atom is 0.265 e. The summed E-state index contributed by atoms with van der Waals surface area (Å²) in [6.45, 7) is -0.0462. The molecule has 0 unspecified atom stereocenters. The normalized spacial score (nSPS) is 16.7. The second kappa shape index (κ2) is 6.84. The average molecular weight is 412 g/mol. The summed E-state index contributed by atoms with van der Waals surface area (Å²) in [5.41, 5.74) is 1.36. The van der Waals surface area contributed by atoms with Crippen molar-refractivity contribution in [1.29, 1.82) is 0 Å². The van der Waals surface area contributed by atoms with Crippen molar-refractivity contribution in [2.45, 2.75) is 18.8 Å². The fraction of sp³-hybridized carbons (Fsp3) is 0.263. The fourth-order valence-electron chi connectivity index (χ4n) is 3.41. The Balaban J connectivity index is 1.95. The maximum absolute atomic E-state index is 14.4. The lowest BCUT2D eigenvalue weighted by atomic mass is 9.99. The number of hydrogen-bond donors (Lipinski definition) is 0. The minimum Gasteiger partial charge on any atom is -0.350 e. The van der Waals surface area contributed by atoms with Crippen molar-refractivity contribution in [1.82, 2.24) is 9.97 Å². The van der Waals surface area contributed by atoms with Crippen LogP contribution in [0.15, 0.2) is 36.7 Å². The van der Waals surface area contributed by atoms with E-state index >= 15 is 0 Å². The summed E-state index contributed by atoms with van der Waals surface area (Å²) in [7, 11) is 0. The molecule has 0 amide bonds. The van der Waals surface area contributed by atoms with Gasteiger partial charge in [0.15, 0.2) is 0 Å². The number of hydrogen-bond acceptors (Lipinski definition) is 3. The minimum atomic E-state index is -2.81. The number of piperidine rings is 1. The summed E-state index contributed by atoms with van der Waals surface area (Å²) in [5, 5.41) is 1.11. The molecular weight excluding hydrogens is 398 g/mol. The molecule has 2 heterocycles. The van der Waals surface area contributed by atoms with E-state index in [9.17, 15) is 13.2 Å². The monoisotopic (exact) mass is 411 g/mol. The number of nitrogens with zero attached hydrogens (tertiary/aromatic N) is 3. The van der Waals surface area contributed by atoms with Crippen molar-refractivity contribution in [2.24, 2.45) is 0 Å². The molecule has 4 rings (SSSR count). The van der Waals surface area contributed by atoms with Crippen LogP contribution in [0.1, 0.15) is 12.8 Å². The molecule has 0 atom stereocenters. The van der Waals surface area contributed by atoms with E-state index in [1.807, 2.05) is 0 Å². The molecule has 140 valence electrons. The van der Waals surface area contributed by atoms with Crippen LogP contribution in [0.3, 0.4) is 0 Å². The molecular formula is C19H14Cl2F3N3. The first-order valence-electron chi connectivity index (χ1n) is 8.37. The van der Waals surface area contributed by atoms with Gasteiger partial charge in [0.2, 0.25) is 0 Å². The average Bonchev–Trinajstić information content (AvgIpc) is 2.63. The van der Waals surface area contributed by atoms with Crippen LogP contribution in [0, 0.1) is 5.82 Å². The number of rotatable bonds is 2. The van der Waals surface area contributed by atoms with E-state index in [1.165, 1.54) is 17.3 Å². The highest BCUT2D eigenvalue weighted by atomic mass is 35.5. The van der Waals surface area contributed by atoms with Gasteiger partial charge in [-0.1, -0.05) is 35.3 Å². The van der Waals surface area contributed by atoms with Gasteiger partial charge in [0.25, 0.3) is 5.92 Å². The standard InChI is InChI=1S/C19H14Cl2F3N3/c20-13-4-2-11(8-14(13)21)12-3-5-15(22)17-16(12)18(26-10-25-17)27-7-1-6-19(23,24)9-27/h2-5,8,10H,1,6-7,9H2. The molecule has 1 aliphatic rings. The highest BCUT2D eigenvalue weighted by Crippen LogP contribution is 2.39. The zero-order chi connectivity index (χ0) is 19.2. The van der Waals surface area contributed by atoms with Crippen LogP contribution < -0.4 is 4.90 Å². The highest BCUT2D eigenvalue weighted by molar-refractivity contribution is 6.42. The first kappa shape index (κ1) is 18.3. The van der Waals surface area contributed by atoms with E-state index < -0.39 is 18.3 Å². The van der Waals surface area contributed by atoms with Crippen LogP contribution in [-0.4, -0.2) is 29.0 Å². The van der Waals surface area contributed by atoms with Gasteiger partial charge in [0.1, 0.15) is 23.5 Å². The summed E-state index contributed by atoms with van der Waals surface area (Å²) in [5.74, 6) is -3.06. The number of aromatic nitrogens is 2. The van der Waals surface area contributed by atoms with E-state index in [4.69, 9.17) is 23.2 Å². The number of anilines is 1. The summed E-state index contributed by atoms with van der Waals surface area (Å²) < 4.78 is 42.3. The SMILES string of the molecule is Fc1ccc(-c2ccc(Cl)c(Cl)c2)c2c(N3CCCC(F)(F)C3)ncnc12. The van der Waals surface area contributed by atoms with Gasteiger partial charge in [-0.3, -0.25) is 0 Å². The summed E-state index contributed by atoms with van der Waals surface area (Å²) in [6, 6.07) is 7.89. The van der Waals surface area contributed by atoms with Crippen LogP contribution in [0.5, 0.6) is 0 Å². The van der Waals surface area contributed by atoms with E-state index in [2.05, 4.69) is 9.97 Å². The third-order valence-electron chi connectivity index (χ3n) is 4.64. The predicted octanol–water partition coefficient (Wildman–Crippen LogP) is 5.98. The molecule has 1 aromatic heterocycles. The zero-order valence-electron chi connectivity index (χ0n) is 14.0. The van der Waals surface area contributed by atoms with Crippen LogP contribution >= 0.6 is 23.2 Å². The van der Waals surface area contributed by atoms with E-state index in [0.717, 1.165) is 0 Å². The van der Waals surface area contributed by atoms with Gasteiger partial charge in [-0.2, -0.15) is 0 Å². The van der Waals surface area contributed by atoms with Gasteiger partial charge in [-0.15, -0.1) is 0 Å². The lowest BCUT2D eigenvalue weighted by Gasteiger charge is -2.34.